The average Bonchev–Trinajstić information content (AvgIpc) is 3.28. The van der Waals surface area contributed by atoms with Crippen molar-refractivity contribution in [2.24, 2.45) is 4.99 Å². The second kappa shape index (κ2) is 9.42. The molecule has 0 N–H and O–H groups in total. The number of ketones is 1. The van der Waals surface area contributed by atoms with Crippen molar-refractivity contribution in [3.05, 3.63) is 58.0 Å². The summed E-state index contributed by atoms with van der Waals surface area (Å²) in [5.74, 6) is 0.745. The summed E-state index contributed by atoms with van der Waals surface area (Å²) in [5.41, 5.74) is 2.29. The molecule has 1 fully saturated rings. The molecule has 2 aliphatic rings. The van der Waals surface area contributed by atoms with E-state index in [1.54, 1.807) is 35.9 Å². The number of ether oxygens (including phenoxy) is 1. The SMILES string of the molecule is CCCCN1C(=O)/C(=C2/Sc3ccc(OC)cc3N2C)SC1=Nc1cccc(C(C)=O)c1. The highest BCUT2D eigenvalue weighted by molar-refractivity contribution is 8.19. The van der Waals surface area contributed by atoms with E-state index in [2.05, 4.69) is 6.92 Å². The Balaban J connectivity index is 1.72. The minimum atomic E-state index is -0.0287. The normalized spacial score (nSPS) is 19.1. The number of unbranched alkanes of at least 4 members (excludes halogenated alkanes) is 1. The minimum absolute atomic E-state index is 0.00924. The van der Waals surface area contributed by atoms with Crippen molar-refractivity contribution in [1.29, 1.82) is 0 Å². The van der Waals surface area contributed by atoms with Gasteiger partial charge in [-0.05, 0) is 49.4 Å². The van der Waals surface area contributed by atoms with Gasteiger partial charge in [0.1, 0.15) is 10.7 Å². The number of fused-ring (bicyclic) bond motifs is 1. The summed E-state index contributed by atoms with van der Waals surface area (Å²) in [6, 6.07) is 13.1. The van der Waals surface area contributed by atoms with Crippen LogP contribution in [0.15, 0.2) is 62.3 Å². The molecule has 0 radical (unpaired) electrons. The maximum Gasteiger partial charge on any atom is 0.269 e. The molecule has 2 aromatic carbocycles. The lowest BCUT2D eigenvalue weighted by Crippen LogP contribution is -2.30. The Morgan fingerprint density at radius 2 is 1.97 bits per heavy atom. The number of amidine groups is 1. The molecule has 0 unspecified atom stereocenters. The number of benzene rings is 2. The van der Waals surface area contributed by atoms with Gasteiger partial charge < -0.3 is 9.64 Å². The van der Waals surface area contributed by atoms with Crippen LogP contribution >= 0.6 is 23.5 Å². The highest BCUT2D eigenvalue weighted by Crippen LogP contribution is 2.51. The molecule has 2 heterocycles. The quantitative estimate of drug-likeness (QED) is 0.403. The molecule has 0 saturated carbocycles. The number of rotatable bonds is 6. The van der Waals surface area contributed by atoms with Crippen molar-refractivity contribution >= 4 is 51.8 Å². The number of Topliss-reactive ketones (excluding diaryl/α,β-unsaturated/α-hetero) is 1. The fourth-order valence-corrected chi connectivity index (χ4v) is 5.84. The van der Waals surface area contributed by atoms with E-state index in [4.69, 9.17) is 9.73 Å². The molecule has 32 heavy (non-hydrogen) atoms. The van der Waals surface area contributed by atoms with E-state index < -0.39 is 0 Å². The molecule has 6 nitrogen and oxygen atoms in total. The van der Waals surface area contributed by atoms with Crippen LogP contribution in [-0.4, -0.2) is 42.5 Å². The standard InChI is InChI=1S/C24H25N3O3S2/c1-5-6-12-27-22(29)21(23-26(3)19-14-18(30-4)10-11-20(19)31-23)32-24(27)25-17-9-7-8-16(13-17)15(2)28/h7-11,13-14H,5-6,12H2,1-4H3/b23-21-,25-24?. The summed E-state index contributed by atoms with van der Waals surface area (Å²) in [5, 5.41) is 1.54. The Hall–Kier alpha value is -2.71. The lowest BCUT2D eigenvalue weighted by molar-refractivity contribution is -0.122. The molecular weight excluding hydrogens is 442 g/mol. The van der Waals surface area contributed by atoms with Crippen molar-refractivity contribution in [1.82, 2.24) is 4.90 Å². The van der Waals surface area contributed by atoms with E-state index in [0.717, 1.165) is 34.2 Å². The van der Waals surface area contributed by atoms with Gasteiger partial charge >= 0.3 is 0 Å². The molecular formula is C24H25N3O3S2. The summed E-state index contributed by atoms with van der Waals surface area (Å²) in [7, 11) is 3.62. The topological polar surface area (TPSA) is 62.2 Å². The van der Waals surface area contributed by atoms with Crippen molar-refractivity contribution in [3.63, 3.8) is 0 Å². The van der Waals surface area contributed by atoms with E-state index in [-0.39, 0.29) is 11.7 Å². The Bertz CT molecular complexity index is 1140. The van der Waals surface area contributed by atoms with Gasteiger partial charge in [0.2, 0.25) is 0 Å². The zero-order chi connectivity index (χ0) is 22.8. The van der Waals surface area contributed by atoms with Gasteiger partial charge in [0, 0.05) is 30.1 Å². The van der Waals surface area contributed by atoms with Gasteiger partial charge in [-0.15, -0.1) is 0 Å². The predicted octanol–water partition coefficient (Wildman–Crippen LogP) is 5.67. The molecule has 2 aliphatic heterocycles. The number of carbonyl (C=O) groups excluding carboxylic acids is 2. The first-order chi connectivity index (χ1) is 15.4. The molecule has 2 aromatic rings. The molecule has 4 rings (SSSR count). The van der Waals surface area contributed by atoms with E-state index in [1.165, 1.54) is 18.7 Å². The Morgan fingerprint density at radius 1 is 1.16 bits per heavy atom. The lowest BCUT2D eigenvalue weighted by atomic mass is 10.1. The number of aliphatic imine (C=N–C) groups is 1. The van der Waals surface area contributed by atoms with Crippen LogP contribution in [0, 0.1) is 0 Å². The summed E-state index contributed by atoms with van der Waals surface area (Å²) in [6.07, 6.45) is 1.87. The smallest absolute Gasteiger partial charge is 0.269 e. The van der Waals surface area contributed by atoms with E-state index in [1.807, 2.05) is 42.3 Å². The molecule has 0 aliphatic carbocycles. The van der Waals surface area contributed by atoms with Crippen LogP contribution in [0.5, 0.6) is 5.75 Å². The zero-order valence-electron chi connectivity index (χ0n) is 18.5. The van der Waals surface area contributed by atoms with Crippen LogP contribution in [0.4, 0.5) is 11.4 Å². The third-order valence-corrected chi connectivity index (χ3v) is 7.74. The van der Waals surface area contributed by atoms with Crippen LogP contribution in [0.1, 0.15) is 37.0 Å². The number of methoxy groups -OCH3 is 1. The maximum atomic E-state index is 13.4. The molecule has 0 spiro atoms. The number of anilines is 1. The van der Waals surface area contributed by atoms with Crippen molar-refractivity contribution in [2.45, 2.75) is 31.6 Å². The first-order valence-corrected chi connectivity index (χ1v) is 12.1. The second-order valence-electron chi connectivity index (χ2n) is 7.54. The molecule has 166 valence electrons. The predicted molar refractivity (Wildman–Crippen MR) is 132 cm³/mol. The number of hydrogen-bond donors (Lipinski definition) is 0. The third-order valence-electron chi connectivity index (χ3n) is 5.31. The van der Waals surface area contributed by atoms with Crippen LogP contribution in [-0.2, 0) is 4.79 Å². The number of amides is 1. The number of nitrogens with zero attached hydrogens (tertiary/aromatic N) is 3. The van der Waals surface area contributed by atoms with Gasteiger partial charge in [-0.3, -0.25) is 14.5 Å². The summed E-state index contributed by atoms with van der Waals surface area (Å²) < 4.78 is 5.37. The summed E-state index contributed by atoms with van der Waals surface area (Å²) in [4.78, 5) is 35.5. The van der Waals surface area contributed by atoms with Crippen LogP contribution in [0.2, 0.25) is 0 Å². The second-order valence-corrected chi connectivity index (χ2v) is 9.55. The maximum absolute atomic E-state index is 13.4. The fraction of sp³-hybridized carbons (Fsp3) is 0.292. The molecule has 1 amide bonds. The van der Waals surface area contributed by atoms with Gasteiger partial charge in [0.05, 0.1) is 23.5 Å². The molecule has 0 atom stereocenters. The number of carbonyl (C=O) groups is 2. The average molecular weight is 468 g/mol. The highest BCUT2D eigenvalue weighted by atomic mass is 32.2. The van der Waals surface area contributed by atoms with Crippen molar-refractivity contribution in [3.8, 4) is 5.75 Å². The van der Waals surface area contributed by atoms with Gasteiger partial charge in [-0.1, -0.05) is 37.2 Å². The summed E-state index contributed by atoms with van der Waals surface area (Å²) in [6.45, 7) is 4.25. The molecule has 8 heteroatoms. The lowest BCUT2D eigenvalue weighted by Gasteiger charge is -2.16. The Labute approximate surface area is 196 Å². The molecule has 0 aromatic heterocycles. The van der Waals surface area contributed by atoms with Crippen molar-refractivity contribution in [2.75, 3.05) is 25.6 Å². The van der Waals surface area contributed by atoms with Gasteiger partial charge in [-0.2, -0.15) is 0 Å². The van der Waals surface area contributed by atoms with Gasteiger partial charge in [-0.25, -0.2) is 4.99 Å². The minimum Gasteiger partial charge on any atom is -0.497 e. The molecule has 0 bridgehead atoms. The molecule has 1 saturated heterocycles. The number of hydrogen-bond acceptors (Lipinski definition) is 7. The van der Waals surface area contributed by atoms with E-state index in [9.17, 15) is 9.59 Å². The third kappa shape index (κ3) is 4.29. The van der Waals surface area contributed by atoms with Crippen molar-refractivity contribution < 1.29 is 14.3 Å². The highest BCUT2D eigenvalue weighted by Gasteiger charge is 2.39. The Morgan fingerprint density at radius 3 is 2.69 bits per heavy atom. The Kier molecular flexibility index (Phi) is 6.62. The van der Waals surface area contributed by atoms with E-state index in [0.29, 0.717) is 27.9 Å². The van der Waals surface area contributed by atoms with Gasteiger partial charge in [0.25, 0.3) is 5.91 Å². The number of thioether (sulfide) groups is 2. The first-order valence-electron chi connectivity index (χ1n) is 10.5. The first kappa shape index (κ1) is 22.5. The van der Waals surface area contributed by atoms with E-state index >= 15 is 0 Å². The summed E-state index contributed by atoms with van der Waals surface area (Å²) >= 11 is 2.98. The van der Waals surface area contributed by atoms with Crippen LogP contribution in [0.25, 0.3) is 0 Å². The van der Waals surface area contributed by atoms with Gasteiger partial charge in [0.15, 0.2) is 11.0 Å². The van der Waals surface area contributed by atoms with Crippen LogP contribution in [0.3, 0.4) is 0 Å². The zero-order valence-corrected chi connectivity index (χ0v) is 20.2. The fourth-order valence-electron chi connectivity index (χ4n) is 3.49. The van der Waals surface area contributed by atoms with Crippen LogP contribution < -0.4 is 9.64 Å². The largest absolute Gasteiger partial charge is 0.497 e. The monoisotopic (exact) mass is 467 g/mol.